The average Bonchev–Trinajstić information content (AvgIpc) is 3.90. The van der Waals surface area contributed by atoms with E-state index in [1.54, 1.807) is 103 Å². The number of amides is 5. The van der Waals surface area contributed by atoms with Crippen LogP contribution in [0.2, 0.25) is 0 Å². The van der Waals surface area contributed by atoms with E-state index in [1.807, 2.05) is 83.1 Å². The van der Waals surface area contributed by atoms with Crippen LogP contribution in [0.1, 0.15) is 125 Å². The second-order valence-corrected chi connectivity index (χ2v) is 23.5. The lowest BCUT2D eigenvalue weighted by Gasteiger charge is -2.28. The van der Waals surface area contributed by atoms with E-state index in [0.29, 0.717) is 34.2 Å². The summed E-state index contributed by atoms with van der Waals surface area (Å²) in [5.41, 5.74) is 3.49. The molecule has 0 radical (unpaired) electrons. The summed E-state index contributed by atoms with van der Waals surface area (Å²) in [6.07, 6.45) is 0.0146. The maximum absolute atomic E-state index is 15.0. The van der Waals surface area contributed by atoms with Crippen LogP contribution in [0.3, 0.4) is 0 Å². The molecule has 0 saturated carbocycles. The Balaban J connectivity index is 1.31. The van der Waals surface area contributed by atoms with Crippen molar-refractivity contribution in [2.75, 3.05) is 19.8 Å². The molecule has 0 spiro atoms. The third kappa shape index (κ3) is 17.4. The molecule has 80 heavy (non-hydrogen) atoms. The number of fused-ring (bicyclic) bond motifs is 4. The number of nitrogens with one attached hydrogen (secondary N) is 5. The first-order chi connectivity index (χ1) is 37.6. The zero-order valence-corrected chi connectivity index (χ0v) is 48.4. The molecular formula is C62H80N6O12. The molecule has 0 unspecified atom stereocenters. The van der Waals surface area contributed by atoms with E-state index in [0.717, 1.165) is 22.3 Å². The lowest BCUT2D eigenvalue weighted by molar-refractivity contribution is -0.148. The number of alkyl carbamates (subject to hydrolysis) is 1. The van der Waals surface area contributed by atoms with Gasteiger partial charge >= 0.3 is 18.2 Å². The van der Waals surface area contributed by atoms with Gasteiger partial charge in [-0.1, -0.05) is 92.7 Å². The Kier molecular flexibility index (Phi) is 20.4. The standard InChI is InChI=1S/C62H80N6O12/c1-14-76-57(73)50(31-37(2)3)65-53(69)38(4)63-54(70)48(32-39-27-29-41(30-28-39)79-61(8,9)10)64-56(72)51(36-78-60(5,6)7)66-55(71)49(33-40-34-68(59(75)80-62(11,12)13)52-26-20-19-21-42(40)52)67-58(74)77-35-47-45-24-17-15-22-43(45)44-23-16-18-25-46(44)47/h15-30,34,37-38,47-51H,14,31-33,35-36H2,1-13H3,(H,63,70)(H,64,72)(H,65,69)(H,66,71)(H,67,74)/t38-,48+,49+,50+,51+/m1/s1. The average molecular weight is 1100 g/mol. The van der Waals surface area contributed by atoms with Gasteiger partial charge in [0.25, 0.3) is 0 Å². The number of ether oxygens (including phenoxy) is 5. The molecule has 0 fully saturated rings. The first kappa shape index (κ1) is 61.5. The van der Waals surface area contributed by atoms with E-state index in [4.69, 9.17) is 23.7 Å². The Bertz CT molecular complexity index is 2960. The van der Waals surface area contributed by atoms with Crippen molar-refractivity contribution in [1.82, 2.24) is 31.2 Å². The van der Waals surface area contributed by atoms with Gasteiger partial charge in [0, 0.05) is 30.3 Å². The topological polar surface area (TPSA) is 231 Å². The van der Waals surface area contributed by atoms with Crippen LogP contribution in [0.5, 0.6) is 5.75 Å². The van der Waals surface area contributed by atoms with Gasteiger partial charge in [-0.25, -0.2) is 14.4 Å². The molecule has 5 aromatic rings. The highest BCUT2D eigenvalue weighted by Gasteiger charge is 2.35. The van der Waals surface area contributed by atoms with Crippen LogP contribution in [-0.4, -0.2) is 113 Å². The van der Waals surface area contributed by atoms with E-state index in [9.17, 15) is 33.6 Å². The summed E-state index contributed by atoms with van der Waals surface area (Å²) >= 11 is 0. The van der Waals surface area contributed by atoms with Crippen LogP contribution >= 0.6 is 0 Å². The Labute approximate surface area is 469 Å². The summed E-state index contributed by atoms with van der Waals surface area (Å²) in [5.74, 6) is -3.34. The van der Waals surface area contributed by atoms with E-state index < -0.39 is 88.8 Å². The molecule has 18 heteroatoms. The second-order valence-electron chi connectivity index (χ2n) is 23.5. The van der Waals surface area contributed by atoms with Crippen molar-refractivity contribution >= 4 is 52.7 Å². The van der Waals surface area contributed by atoms with Crippen LogP contribution in [0.4, 0.5) is 9.59 Å². The van der Waals surface area contributed by atoms with Gasteiger partial charge in [-0.05, 0) is 140 Å². The Morgan fingerprint density at radius 3 is 1.71 bits per heavy atom. The van der Waals surface area contributed by atoms with E-state index in [1.165, 1.54) is 11.5 Å². The van der Waals surface area contributed by atoms with Crippen molar-refractivity contribution in [3.63, 3.8) is 0 Å². The van der Waals surface area contributed by atoms with Gasteiger partial charge in [0.1, 0.15) is 53.8 Å². The molecule has 5 N–H and O–H groups in total. The lowest BCUT2D eigenvalue weighted by Crippen LogP contribution is -2.60. The summed E-state index contributed by atoms with van der Waals surface area (Å²) in [6.45, 7) is 22.9. The number of esters is 1. The molecule has 0 aliphatic heterocycles. The van der Waals surface area contributed by atoms with E-state index in [2.05, 4.69) is 26.6 Å². The Morgan fingerprint density at radius 2 is 1.12 bits per heavy atom. The monoisotopic (exact) mass is 1100 g/mol. The molecule has 4 aromatic carbocycles. The SMILES string of the molecule is CCOC(=O)[C@H](CC(C)C)NC(=O)[C@@H](C)NC(=O)[C@H](Cc1ccc(OC(C)(C)C)cc1)NC(=O)[C@H](COC(C)(C)C)NC(=O)[C@H](Cc1cn(C(=O)OC(C)(C)C)c2ccccc12)NC(=O)OCC1c2ccccc2-c2ccccc21. The molecule has 430 valence electrons. The van der Waals surface area contributed by atoms with Crippen LogP contribution in [0.25, 0.3) is 22.0 Å². The molecule has 1 aliphatic rings. The van der Waals surface area contributed by atoms with Crippen LogP contribution < -0.4 is 31.3 Å². The zero-order valence-electron chi connectivity index (χ0n) is 48.4. The molecule has 1 aliphatic carbocycles. The number of rotatable bonds is 22. The van der Waals surface area contributed by atoms with Crippen molar-refractivity contribution in [2.45, 2.75) is 162 Å². The highest BCUT2D eigenvalue weighted by atomic mass is 16.6. The van der Waals surface area contributed by atoms with Crippen molar-refractivity contribution in [3.05, 3.63) is 126 Å². The molecule has 18 nitrogen and oxygen atoms in total. The number of hydrogen-bond acceptors (Lipinski definition) is 12. The smallest absolute Gasteiger partial charge is 0.419 e. The quantitative estimate of drug-likeness (QED) is 0.0324. The van der Waals surface area contributed by atoms with Gasteiger partial charge in [-0.3, -0.25) is 23.7 Å². The minimum Gasteiger partial charge on any atom is -0.488 e. The minimum absolute atomic E-state index is 0.0232. The highest BCUT2D eigenvalue weighted by Crippen LogP contribution is 2.44. The van der Waals surface area contributed by atoms with Gasteiger partial charge in [0.15, 0.2) is 0 Å². The predicted molar refractivity (Wildman–Crippen MR) is 305 cm³/mol. The first-order valence-corrected chi connectivity index (χ1v) is 27.3. The molecule has 1 heterocycles. The summed E-state index contributed by atoms with van der Waals surface area (Å²) < 4.78 is 30.4. The Hall–Kier alpha value is -7.73. The molecule has 0 saturated heterocycles. The Morgan fingerprint density at radius 1 is 0.575 bits per heavy atom. The zero-order chi connectivity index (χ0) is 58.7. The largest absolute Gasteiger partial charge is 0.488 e. The number of benzene rings is 4. The normalized spacial score (nSPS) is 14.3. The maximum Gasteiger partial charge on any atom is 0.419 e. The summed E-state index contributed by atoms with van der Waals surface area (Å²) in [4.78, 5) is 98.5. The van der Waals surface area contributed by atoms with Crippen molar-refractivity contribution < 1.29 is 57.2 Å². The summed E-state index contributed by atoms with van der Waals surface area (Å²) in [6, 6.07) is 23.4. The van der Waals surface area contributed by atoms with Crippen LogP contribution in [0.15, 0.2) is 103 Å². The molecular weight excluding hydrogens is 1020 g/mol. The number of aromatic nitrogens is 1. The van der Waals surface area contributed by atoms with E-state index in [-0.39, 0.29) is 44.5 Å². The number of carbonyl (C=O) groups excluding carboxylic acids is 7. The highest BCUT2D eigenvalue weighted by molar-refractivity contribution is 5.97. The summed E-state index contributed by atoms with van der Waals surface area (Å²) in [5, 5.41) is 14.4. The lowest BCUT2D eigenvalue weighted by atomic mass is 9.98. The van der Waals surface area contributed by atoms with Crippen molar-refractivity contribution in [2.24, 2.45) is 5.92 Å². The maximum atomic E-state index is 15.0. The molecule has 5 amide bonds. The third-order valence-electron chi connectivity index (χ3n) is 12.8. The van der Waals surface area contributed by atoms with E-state index >= 15 is 0 Å². The number of hydrogen-bond donors (Lipinski definition) is 5. The van der Waals surface area contributed by atoms with Gasteiger partial charge < -0.3 is 50.3 Å². The molecule has 5 atom stereocenters. The predicted octanol–water partition coefficient (Wildman–Crippen LogP) is 8.68. The van der Waals surface area contributed by atoms with Crippen LogP contribution in [-0.2, 0) is 55.8 Å². The molecule has 1 aromatic heterocycles. The van der Waals surface area contributed by atoms with Crippen molar-refractivity contribution in [1.29, 1.82) is 0 Å². The fourth-order valence-electron chi connectivity index (χ4n) is 9.24. The molecule has 0 bridgehead atoms. The van der Waals surface area contributed by atoms with Crippen molar-refractivity contribution in [3.8, 4) is 16.9 Å². The third-order valence-corrected chi connectivity index (χ3v) is 12.8. The van der Waals surface area contributed by atoms with Gasteiger partial charge in [0.05, 0.1) is 24.3 Å². The fourth-order valence-corrected chi connectivity index (χ4v) is 9.24. The van der Waals surface area contributed by atoms with Crippen LogP contribution in [0, 0.1) is 5.92 Å². The number of para-hydroxylation sites is 1. The minimum atomic E-state index is -1.48. The number of carbonyl (C=O) groups is 7. The summed E-state index contributed by atoms with van der Waals surface area (Å²) in [7, 11) is 0. The number of nitrogens with zero attached hydrogens (tertiary/aromatic N) is 1. The van der Waals surface area contributed by atoms with Gasteiger partial charge in [0.2, 0.25) is 23.6 Å². The van der Waals surface area contributed by atoms with Gasteiger partial charge in [-0.2, -0.15) is 0 Å². The first-order valence-electron chi connectivity index (χ1n) is 27.3. The van der Waals surface area contributed by atoms with Gasteiger partial charge in [-0.15, -0.1) is 0 Å². The second kappa shape index (κ2) is 26.5. The molecule has 6 rings (SSSR count). The fraction of sp³-hybridized carbons (Fsp3) is 0.468.